The Labute approximate surface area is 187 Å². The minimum absolute atomic E-state index is 0.455. The van der Waals surface area contributed by atoms with Crippen LogP contribution in [0.15, 0.2) is 59.0 Å². The first-order valence-electron chi connectivity index (χ1n) is 10.1. The van der Waals surface area contributed by atoms with Crippen LogP contribution >= 0.6 is 11.3 Å². The maximum atomic E-state index is 5.91. The van der Waals surface area contributed by atoms with Gasteiger partial charge in [-0.3, -0.25) is 0 Å². The highest BCUT2D eigenvalue weighted by atomic mass is 32.1. The van der Waals surface area contributed by atoms with Gasteiger partial charge in [0.1, 0.15) is 0 Å². The third-order valence-electron chi connectivity index (χ3n) is 4.39. The first kappa shape index (κ1) is 22.4. The van der Waals surface area contributed by atoms with Crippen molar-refractivity contribution in [2.24, 2.45) is 4.99 Å². The summed E-state index contributed by atoms with van der Waals surface area (Å²) in [5.74, 6) is 2.90. The molecule has 0 spiro atoms. The highest BCUT2D eigenvalue weighted by Crippen LogP contribution is 2.39. The minimum Gasteiger partial charge on any atom is -0.493 e. The van der Waals surface area contributed by atoms with E-state index in [0.29, 0.717) is 29.7 Å². The number of nitrogens with zero attached hydrogens (tertiary/aromatic N) is 2. The Balaban J connectivity index is 1.60. The first-order valence-corrected chi connectivity index (χ1v) is 11.0. The number of aliphatic imine (C=N–C) groups is 1. The lowest BCUT2D eigenvalue weighted by Crippen LogP contribution is -2.38. The number of aromatic nitrogens is 1. The number of thiophene rings is 1. The number of rotatable bonds is 10. The molecular formula is C23H28N4O3S. The molecule has 164 valence electrons. The van der Waals surface area contributed by atoms with Crippen LogP contribution in [0.5, 0.6) is 23.1 Å². The monoisotopic (exact) mass is 440 g/mol. The van der Waals surface area contributed by atoms with Crippen LogP contribution in [0.4, 0.5) is 0 Å². The van der Waals surface area contributed by atoms with Crippen molar-refractivity contribution >= 4 is 17.3 Å². The second-order valence-electron chi connectivity index (χ2n) is 6.55. The van der Waals surface area contributed by atoms with Crippen LogP contribution in [0, 0.1) is 0 Å². The molecular weight excluding hydrogens is 412 g/mol. The van der Waals surface area contributed by atoms with Crippen LogP contribution in [-0.4, -0.2) is 38.3 Å². The van der Waals surface area contributed by atoms with Crippen molar-refractivity contribution in [1.29, 1.82) is 0 Å². The van der Waals surface area contributed by atoms with Crippen molar-refractivity contribution in [3.8, 4) is 23.1 Å². The number of nitrogens with one attached hydrogen (secondary N) is 2. The molecule has 0 aliphatic heterocycles. The van der Waals surface area contributed by atoms with Gasteiger partial charge in [0.25, 0.3) is 0 Å². The summed E-state index contributed by atoms with van der Waals surface area (Å²) in [6.45, 7) is 4.20. The number of pyridine rings is 1. The molecule has 3 aromatic rings. The van der Waals surface area contributed by atoms with Crippen molar-refractivity contribution in [2.45, 2.75) is 19.9 Å². The topological polar surface area (TPSA) is 77.0 Å². The normalized spacial score (nSPS) is 11.1. The van der Waals surface area contributed by atoms with Gasteiger partial charge in [0.2, 0.25) is 11.6 Å². The number of benzene rings is 1. The van der Waals surface area contributed by atoms with Crippen LogP contribution in [0.2, 0.25) is 0 Å². The summed E-state index contributed by atoms with van der Waals surface area (Å²) < 4.78 is 16.6. The molecule has 8 heteroatoms. The van der Waals surface area contributed by atoms with Gasteiger partial charge in [0, 0.05) is 30.2 Å². The summed E-state index contributed by atoms with van der Waals surface area (Å²) in [6.07, 6.45) is 2.73. The van der Waals surface area contributed by atoms with Crippen LogP contribution in [0.1, 0.15) is 17.4 Å². The molecule has 0 amide bonds. The zero-order chi connectivity index (χ0) is 21.9. The van der Waals surface area contributed by atoms with Crippen molar-refractivity contribution in [2.75, 3.05) is 27.3 Å². The van der Waals surface area contributed by atoms with E-state index in [-0.39, 0.29) is 0 Å². The number of hydrogen-bond acceptors (Lipinski definition) is 6. The summed E-state index contributed by atoms with van der Waals surface area (Å²) in [7, 11) is 3.18. The van der Waals surface area contributed by atoms with Crippen molar-refractivity contribution in [1.82, 2.24) is 15.6 Å². The van der Waals surface area contributed by atoms with Gasteiger partial charge in [0.15, 0.2) is 17.5 Å². The Morgan fingerprint density at radius 2 is 1.84 bits per heavy atom. The lowest BCUT2D eigenvalue weighted by atomic mass is 10.3. The Hall–Kier alpha value is -3.26. The van der Waals surface area contributed by atoms with Crippen LogP contribution in [0.3, 0.4) is 0 Å². The maximum absolute atomic E-state index is 5.91. The number of ether oxygens (including phenoxy) is 3. The molecule has 2 aromatic heterocycles. The molecule has 0 unspecified atom stereocenters. The molecule has 1 aromatic carbocycles. The van der Waals surface area contributed by atoms with Crippen molar-refractivity contribution in [3.63, 3.8) is 0 Å². The lowest BCUT2D eigenvalue weighted by Gasteiger charge is -2.13. The molecule has 0 radical (unpaired) electrons. The Morgan fingerprint density at radius 1 is 1.03 bits per heavy atom. The van der Waals surface area contributed by atoms with Crippen molar-refractivity contribution < 1.29 is 14.2 Å². The quantitative estimate of drug-likeness (QED) is 0.363. The van der Waals surface area contributed by atoms with E-state index in [9.17, 15) is 0 Å². The standard InChI is InChI=1S/C23H28N4O3S/c1-4-24-23(25-13-12-18-7-6-14-31-18)27-16-17-10-11-21(26-15-17)30-22-19(28-2)8-5-9-20(22)29-3/h5-11,14-15H,4,12-13,16H2,1-3H3,(H2,24,25,27). The Bertz CT molecular complexity index is 937. The Kier molecular flexibility index (Phi) is 8.54. The molecule has 0 bridgehead atoms. The average Bonchev–Trinajstić information content (AvgIpc) is 3.32. The van der Waals surface area contributed by atoms with Gasteiger partial charge in [-0.2, -0.15) is 0 Å². The van der Waals surface area contributed by atoms with Crippen LogP contribution < -0.4 is 24.8 Å². The molecule has 31 heavy (non-hydrogen) atoms. The fourth-order valence-electron chi connectivity index (χ4n) is 2.86. The average molecular weight is 441 g/mol. The molecule has 2 N–H and O–H groups in total. The highest BCUT2D eigenvalue weighted by Gasteiger charge is 2.13. The highest BCUT2D eigenvalue weighted by molar-refractivity contribution is 7.09. The van der Waals surface area contributed by atoms with Gasteiger partial charge in [-0.1, -0.05) is 18.2 Å². The van der Waals surface area contributed by atoms with E-state index >= 15 is 0 Å². The summed E-state index contributed by atoms with van der Waals surface area (Å²) in [5, 5.41) is 8.74. The van der Waals surface area contributed by atoms with Gasteiger partial charge < -0.3 is 24.8 Å². The second kappa shape index (κ2) is 11.8. The molecule has 2 heterocycles. The molecule has 0 fully saturated rings. The fraction of sp³-hybridized carbons (Fsp3) is 0.304. The third-order valence-corrected chi connectivity index (χ3v) is 5.33. The third kappa shape index (κ3) is 6.62. The van der Waals surface area contributed by atoms with E-state index in [1.807, 2.05) is 30.3 Å². The van der Waals surface area contributed by atoms with Gasteiger partial charge in [0.05, 0.1) is 20.8 Å². The molecule has 0 atom stereocenters. The van der Waals surface area contributed by atoms with Crippen LogP contribution in [0.25, 0.3) is 0 Å². The zero-order valence-electron chi connectivity index (χ0n) is 18.1. The summed E-state index contributed by atoms with van der Waals surface area (Å²) in [6, 6.07) is 13.4. The first-order chi connectivity index (χ1) is 15.2. The number of hydrogen-bond donors (Lipinski definition) is 2. The van der Waals surface area contributed by atoms with E-state index < -0.39 is 0 Å². The predicted molar refractivity (Wildman–Crippen MR) is 125 cm³/mol. The van der Waals surface area contributed by atoms with E-state index in [4.69, 9.17) is 14.2 Å². The molecule has 0 aliphatic rings. The number of methoxy groups -OCH3 is 2. The zero-order valence-corrected chi connectivity index (χ0v) is 18.9. The number of guanidine groups is 1. The van der Waals surface area contributed by atoms with Crippen molar-refractivity contribution in [3.05, 3.63) is 64.5 Å². The van der Waals surface area contributed by atoms with Gasteiger partial charge >= 0.3 is 0 Å². The summed E-state index contributed by atoms with van der Waals surface area (Å²) in [4.78, 5) is 10.4. The van der Waals surface area contributed by atoms with E-state index in [1.54, 1.807) is 31.8 Å². The predicted octanol–water partition coefficient (Wildman–Crippen LogP) is 4.25. The maximum Gasteiger partial charge on any atom is 0.219 e. The largest absolute Gasteiger partial charge is 0.493 e. The second-order valence-corrected chi connectivity index (χ2v) is 7.58. The molecule has 0 saturated heterocycles. The summed E-state index contributed by atoms with van der Waals surface area (Å²) in [5.41, 5.74) is 0.981. The lowest BCUT2D eigenvalue weighted by molar-refractivity contribution is 0.342. The molecule has 7 nitrogen and oxygen atoms in total. The minimum atomic E-state index is 0.455. The molecule has 0 aliphatic carbocycles. The van der Waals surface area contributed by atoms with E-state index in [0.717, 1.165) is 31.0 Å². The fourth-order valence-corrected chi connectivity index (χ4v) is 3.57. The summed E-state index contributed by atoms with van der Waals surface area (Å²) >= 11 is 1.77. The van der Waals surface area contributed by atoms with Crippen LogP contribution in [-0.2, 0) is 13.0 Å². The number of para-hydroxylation sites is 1. The van der Waals surface area contributed by atoms with Gasteiger partial charge in [-0.15, -0.1) is 11.3 Å². The SMILES string of the molecule is CCNC(=NCc1ccc(Oc2c(OC)cccc2OC)nc1)NCCc1cccs1. The Morgan fingerprint density at radius 3 is 2.45 bits per heavy atom. The van der Waals surface area contributed by atoms with Gasteiger partial charge in [-0.05, 0) is 42.5 Å². The molecule has 3 rings (SSSR count). The van der Waals surface area contributed by atoms with E-state index in [1.165, 1.54) is 4.88 Å². The smallest absolute Gasteiger partial charge is 0.219 e. The van der Waals surface area contributed by atoms with Gasteiger partial charge in [-0.25, -0.2) is 9.98 Å². The van der Waals surface area contributed by atoms with E-state index in [2.05, 4.69) is 45.0 Å². The molecule has 0 saturated carbocycles.